The van der Waals surface area contributed by atoms with Gasteiger partial charge in [0.2, 0.25) is 5.91 Å². The van der Waals surface area contributed by atoms with E-state index in [9.17, 15) is 9.59 Å². The Morgan fingerprint density at radius 2 is 1.90 bits per heavy atom. The number of amides is 2. The number of carbonyl (C=O) groups excluding carboxylic acids is 2. The van der Waals surface area contributed by atoms with Crippen LogP contribution in [0.25, 0.3) is 22.6 Å². The Kier molecular flexibility index (Phi) is 4.83. The second-order valence-electron chi connectivity index (χ2n) is 7.87. The maximum Gasteiger partial charge on any atom is 0.256 e. The number of hydrogen-bond donors (Lipinski definition) is 1. The first kappa shape index (κ1) is 18.9. The number of anilines is 1. The Labute approximate surface area is 179 Å². The first-order chi connectivity index (χ1) is 14.6. The van der Waals surface area contributed by atoms with Crippen LogP contribution in [-0.2, 0) is 16.1 Å². The molecule has 1 N–H and O–H groups in total. The third-order valence-corrected chi connectivity index (χ3v) is 6.13. The van der Waals surface area contributed by atoms with Gasteiger partial charge < -0.3 is 14.8 Å². The SMILES string of the molecule is O=C1Nc2cc(Cl)ccc2C1=Cc1cn(CC(=O)N2CCCCC2)c2ccccc12. The molecule has 152 valence electrons. The third-order valence-electron chi connectivity index (χ3n) is 5.90. The van der Waals surface area contributed by atoms with Crippen LogP contribution in [0.3, 0.4) is 0 Å². The molecule has 0 aliphatic carbocycles. The zero-order chi connectivity index (χ0) is 20.7. The van der Waals surface area contributed by atoms with Crippen molar-refractivity contribution in [1.82, 2.24) is 9.47 Å². The van der Waals surface area contributed by atoms with Gasteiger partial charge in [-0.05, 0) is 43.5 Å². The van der Waals surface area contributed by atoms with Crippen LogP contribution < -0.4 is 5.32 Å². The van der Waals surface area contributed by atoms with Gasteiger partial charge in [-0.25, -0.2) is 0 Å². The van der Waals surface area contributed by atoms with E-state index in [0.29, 0.717) is 17.1 Å². The zero-order valence-electron chi connectivity index (χ0n) is 16.5. The number of halogens is 1. The minimum Gasteiger partial charge on any atom is -0.341 e. The number of piperidine rings is 1. The molecule has 5 nitrogen and oxygen atoms in total. The van der Waals surface area contributed by atoms with Crippen LogP contribution in [0.5, 0.6) is 0 Å². The molecule has 3 aromatic rings. The van der Waals surface area contributed by atoms with Gasteiger partial charge in [0.15, 0.2) is 0 Å². The highest BCUT2D eigenvalue weighted by Gasteiger charge is 2.25. The first-order valence-electron chi connectivity index (χ1n) is 10.3. The number of hydrogen-bond acceptors (Lipinski definition) is 2. The number of nitrogens with zero attached hydrogens (tertiary/aromatic N) is 2. The summed E-state index contributed by atoms with van der Waals surface area (Å²) in [6, 6.07) is 13.4. The normalized spacial score (nSPS) is 17.4. The van der Waals surface area contributed by atoms with Crippen LogP contribution >= 0.6 is 11.6 Å². The maximum atomic E-state index is 12.8. The number of aromatic nitrogens is 1. The first-order valence-corrected chi connectivity index (χ1v) is 10.7. The summed E-state index contributed by atoms with van der Waals surface area (Å²) >= 11 is 6.06. The standard InChI is InChI=1S/C24H22ClN3O2/c25-17-8-9-19-20(24(30)26-21(19)13-17)12-16-14-28(22-7-3-2-6-18(16)22)15-23(29)27-10-4-1-5-11-27/h2-3,6-9,12-14H,1,4-5,10-11,15H2,(H,26,30). The fourth-order valence-electron chi connectivity index (χ4n) is 4.38. The Hall–Kier alpha value is -3.05. The second kappa shape index (κ2) is 7.65. The molecule has 2 aliphatic rings. The smallest absolute Gasteiger partial charge is 0.256 e. The lowest BCUT2D eigenvalue weighted by atomic mass is 10.0. The number of para-hydroxylation sites is 1. The average Bonchev–Trinajstić information content (AvgIpc) is 3.26. The molecule has 0 unspecified atom stereocenters. The highest BCUT2D eigenvalue weighted by atomic mass is 35.5. The summed E-state index contributed by atoms with van der Waals surface area (Å²) in [5.74, 6) is 0.00161. The molecule has 2 amide bonds. The molecule has 0 bridgehead atoms. The lowest BCUT2D eigenvalue weighted by Gasteiger charge is -2.27. The van der Waals surface area contributed by atoms with E-state index in [4.69, 9.17) is 11.6 Å². The molecule has 1 fully saturated rings. The molecule has 6 heteroatoms. The van der Waals surface area contributed by atoms with E-state index in [2.05, 4.69) is 5.32 Å². The van der Waals surface area contributed by atoms with E-state index in [0.717, 1.165) is 53.6 Å². The lowest BCUT2D eigenvalue weighted by molar-refractivity contribution is -0.132. The molecule has 2 aliphatic heterocycles. The van der Waals surface area contributed by atoms with E-state index < -0.39 is 0 Å². The van der Waals surface area contributed by atoms with Gasteiger partial charge in [-0.15, -0.1) is 0 Å². The fourth-order valence-corrected chi connectivity index (χ4v) is 4.55. The second-order valence-corrected chi connectivity index (χ2v) is 8.31. The number of fused-ring (bicyclic) bond motifs is 2. The summed E-state index contributed by atoms with van der Waals surface area (Å²) in [7, 11) is 0. The molecule has 0 atom stereocenters. The van der Waals surface area contributed by atoms with Crippen molar-refractivity contribution in [2.45, 2.75) is 25.8 Å². The van der Waals surface area contributed by atoms with Gasteiger partial charge in [0.25, 0.3) is 5.91 Å². The fraction of sp³-hybridized carbons (Fsp3) is 0.250. The van der Waals surface area contributed by atoms with Crippen molar-refractivity contribution in [2.24, 2.45) is 0 Å². The molecule has 1 aromatic heterocycles. The molecular formula is C24H22ClN3O2. The molecule has 3 heterocycles. The van der Waals surface area contributed by atoms with E-state index in [1.54, 1.807) is 12.1 Å². The van der Waals surface area contributed by atoms with Crippen LogP contribution in [0.4, 0.5) is 5.69 Å². The number of nitrogens with one attached hydrogen (secondary N) is 1. The van der Waals surface area contributed by atoms with Crippen molar-refractivity contribution in [3.63, 3.8) is 0 Å². The topological polar surface area (TPSA) is 54.3 Å². The van der Waals surface area contributed by atoms with E-state index in [1.807, 2.05) is 52.1 Å². The molecule has 5 rings (SSSR count). The van der Waals surface area contributed by atoms with Crippen LogP contribution in [-0.4, -0.2) is 34.4 Å². The quantitative estimate of drug-likeness (QED) is 0.620. The van der Waals surface area contributed by atoms with Gasteiger partial charge in [-0.1, -0.05) is 35.9 Å². The lowest BCUT2D eigenvalue weighted by Crippen LogP contribution is -2.37. The Morgan fingerprint density at radius 1 is 1.10 bits per heavy atom. The van der Waals surface area contributed by atoms with E-state index in [-0.39, 0.29) is 11.8 Å². The van der Waals surface area contributed by atoms with Gasteiger partial charge >= 0.3 is 0 Å². The van der Waals surface area contributed by atoms with Crippen molar-refractivity contribution in [3.8, 4) is 0 Å². The van der Waals surface area contributed by atoms with E-state index in [1.165, 1.54) is 6.42 Å². The predicted octanol–water partition coefficient (Wildman–Crippen LogP) is 4.80. The monoisotopic (exact) mass is 419 g/mol. The van der Waals surface area contributed by atoms with Crippen LogP contribution in [0.15, 0.2) is 48.7 Å². The molecule has 1 saturated heterocycles. The van der Waals surface area contributed by atoms with Crippen molar-refractivity contribution >= 4 is 51.7 Å². The summed E-state index contributed by atoms with van der Waals surface area (Å²) in [4.78, 5) is 27.4. The van der Waals surface area contributed by atoms with Crippen molar-refractivity contribution in [3.05, 3.63) is 64.8 Å². The molecule has 30 heavy (non-hydrogen) atoms. The van der Waals surface area contributed by atoms with Gasteiger partial charge in [-0.3, -0.25) is 9.59 Å². The minimum atomic E-state index is -0.145. The summed E-state index contributed by atoms with van der Waals surface area (Å²) in [5, 5.41) is 4.49. The average molecular weight is 420 g/mol. The summed E-state index contributed by atoms with van der Waals surface area (Å²) in [6.45, 7) is 1.99. The summed E-state index contributed by atoms with van der Waals surface area (Å²) in [6.07, 6.45) is 7.23. The van der Waals surface area contributed by atoms with Crippen molar-refractivity contribution in [2.75, 3.05) is 18.4 Å². The molecule has 0 radical (unpaired) electrons. The van der Waals surface area contributed by atoms with Gasteiger partial charge in [-0.2, -0.15) is 0 Å². The van der Waals surface area contributed by atoms with Crippen LogP contribution in [0.1, 0.15) is 30.4 Å². The minimum absolute atomic E-state index is 0.145. The van der Waals surface area contributed by atoms with Crippen LogP contribution in [0.2, 0.25) is 5.02 Å². The largest absolute Gasteiger partial charge is 0.341 e. The summed E-state index contributed by atoms with van der Waals surface area (Å²) in [5.41, 5.74) is 4.08. The number of likely N-dealkylation sites (tertiary alicyclic amines) is 1. The zero-order valence-corrected chi connectivity index (χ0v) is 17.3. The van der Waals surface area contributed by atoms with Gasteiger partial charge in [0, 0.05) is 51.9 Å². The highest BCUT2D eigenvalue weighted by molar-refractivity contribution is 6.36. The number of benzene rings is 2. The van der Waals surface area contributed by atoms with Crippen LogP contribution in [0, 0.1) is 0 Å². The molecule has 0 saturated carbocycles. The molecule has 0 spiro atoms. The number of rotatable bonds is 3. The Balaban J connectivity index is 1.53. The van der Waals surface area contributed by atoms with Crippen molar-refractivity contribution in [1.29, 1.82) is 0 Å². The highest BCUT2D eigenvalue weighted by Crippen LogP contribution is 2.36. The van der Waals surface area contributed by atoms with Crippen molar-refractivity contribution < 1.29 is 9.59 Å². The van der Waals surface area contributed by atoms with Gasteiger partial charge in [0.05, 0.1) is 5.69 Å². The van der Waals surface area contributed by atoms with E-state index >= 15 is 0 Å². The summed E-state index contributed by atoms with van der Waals surface area (Å²) < 4.78 is 1.99. The predicted molar refractivity (Wildman–Crippen MR) is 120 cm³/mol. The number of carbonyl (C=O) groups is 2. The Morgan fingerprint density at radius 3 is 2.73 bits per heavy atom. The molecular weight excluding hydrogens is 398 g/mol. The third kappa shape index (κ3) is 3.39. The Bertz CT molecular complexity index is 1190. The molecule has 2 aromatic carbocycles. The van der Waals surface area contributed by atoms with Gasteiger partial charge in [0.1, 0.15) is 6.54 Å². The maximum absolute atomic E-state index is 12.8.